The molecule has 0 aromatic heterocycles. The van der Waals surface area contributed by atoms with Gasteiger partial charge < -0.3 is 10.4 Å². The Hall–Kier alpha value is -1.16. The van der Waals surface area contributed by atoms with Crippen LogP contribution in [-0.2, 0) is 9.59 Å². The number of allylic oxidation sites excluding steroid dienone is 2. The molecule has 0 aromatic rings. The van der Waals surface area contributed by atoms with Crippen molar-refractivity contribution in [3.63, 3.8) is 0 Å². The first-order chi connectivity index (χ1) is 17.5. The second-order valence-corrected chi connectivity index (χ2v) is 16.5. The minimum atomic E-state index is -0.406. The third kappa shape index (κ3) is 3.37. The van der Waals surface area contributed by atoms with Gasteiger partial charge in [-0.05, 0) is 109 Å². The van der Waals surface area contributed by atoms with Crippen LogP contribution in [0.4, 0.5) is 0 Å². The van der Waals surface area contributed by atoms with E-state index < -0.39 is 5.41 Å². The summed E-state index contributed by atoms with van der Waals surface area (Å²) < 4.78 is 0. The van der Waals surface area contributed by atoms with Gasteiger partial charge in [-0.25, -0.2) is 0 Å². The van der Waals surface area contributed by atoms with Gasteiger partial charge in [0.1, 0.15) is 0 Å². The molecule has 5 aliphatic carbocycles. The zero-order valence-corrected chi connectivity index (χ0v) is 25.9. The summed E-state index contributed by atoms with van der Waals surface area (Å²) in [5.41, 5.74) is 0.427. The summed E-state index contributed by atoms with van der Waals surface area (Å²) in [4.78, 5) is 28.0. The van der Waals surface area contributed by atoms with Crippen LogP contribution in [0.3, 0.4) is 0 Å². The van der Waals surface area contributed by atoms with Crippen LogP contribution in [0.5, 0.6) is 0 Å². The van der Waals surface area contributed by atoms with Crippen molar-refractivity contribution in [2.45, 2.75) is 133 Å². The average Bonchev–Trinajstić information content (AvgIpc) is 2.83. The maximum absolute atomic E-state index is 14.5. The first-order valence-electron chi connectivity index (χ1n) is 15.7. The van der Waals surface area contributed by atoms with Crippen molar-refractivity contribution in [1.29, 1.82) is 0 Å². The average molecular weight is 526 g/mol. The number of fused-ring (bicyclic) bond motifs is 7. The van der Waals surface area contributed by atoms with Crippen LogP contribution in [-0.4, -0.2) is 29.4 Å². The van der Waals surface area contributed by atoms with Crippen LogP contribution in [0.15, 0.2) is 11.6 Å². The van der Waals surface area contributed by atoms with Gasteiger partial charge in [0, 0.05) is 17.9 Å². The molecule has 5 aliphatic rings. The summed E-state index contributed by atoms with van der Waals surface area (Å²) >= 11 is 0. The number of rotatable bonds is 3. The van der Waals surface area contributed by atoms with Gasteiger partial charge >= 0.3 is 0 Å². The van der Waals surface area contributed by atoms with Gasteiger partial charge in [0.15, 0.2) is 5.78 Å². The SMILES string of the molecule is CCCNC(=O)[C@@]1(C)CC[C@]2(C)CC[C@]3(C)C(=CC(=O)[C@@H]4[C@@]5(C)CC[C@H](O)C(C)(C)[C@@H]5CC[C@]43C)[C@]2(C)C1. The quantitative estimate of drug-likeness (QED) is 0.408. The molecule has 0 spiro atoms. The molecule has 0 aromatic carbocycles. The summed E-state index contributed by atoms with van der Waals surface area (Å²) in [7, 11) is 0. The Morgan fingerprint density at radius 2 is 1.58 bits per heavy atom. The number of ketones is 1. The molecule has 1 amide bonds. The molecular formula is C34H55NO3. The number of carbonyl (C=O) groups excluding carboxylic acids is 2. The molecule has 0 unspecified atom stereocenters. The Balaban J connectivity index is 1.61. The van der Waals surface area contributed by atoms with E-state index in [2.05, 4.69) is 73.7 Å². The van der Waals surface area contributed by atoms with Gasteiger partial charge in [0.25, 0.3) is 0 Å². The van der Waals surface area contributed by atoms with Crippen molar-refractivity contribution in [2.24, 2.45) is 49.7 Å². The third-order valence-electron chi connectivity index (χ3n) is 14.3. The number of nitrogens with one attached hydrogen (secondary N) is 1. The second-order valence-electron chi connectivity index (χ2n) is 16.5. The first-order valence-corrected chi connectivity index (χ1v) is 15.7. The van der Waals surface area contributed by atoms with Crippen LogP contribution >= 0.6 is 0 Å². The number of carbonyl (C=O) groups is 2. The molecule has 38 heavy (non-hydrogen) atoms. The summed E-state index contributed by atoms with van der Waals surface area (Å²) in [5, 5.41) is 14.2. The number of hydrogen-bond acceptors (Lipinski definition) is 3. The predicted molar refractivity (Wildman–Crippen MR) is 153 cm³/mol. The molecule has 0 bridgehead atoms. The van der Waals surface area contributed by atoms with Crippen molar-refractivity contribution in [3.8, 4) is 0 Å². The second kappa shape index (κ2) is 8.43. The lowest BCUT2D eigenvalue weighted by atomic mass is 9.31. The molecule has 5 rings (SSSR count). The summed E-state index contributed by atoms with van der Waals surface area (Å²) in [6, 6.07) is 0. The van der Waals surface area contributed by atoms with E-state index in [-0.39, 0.29) is 50.4 Å². The molecule has 0 heterocycles. The Kier molecular flexibility index (Phi) is 6.29. The van der Waals surface area contributed by atoms with Crippen molar-refractivity contribution < 1.29 is 14.7 Å². The zero-order valence-electron chi connectivity index (χ0n) is 25.9. The standard InChI is InChI=1S/C34H55NO3/c1-10-19-35-27(38)29(4)15-16-30(5)17-18-32(7)24(34(30,9)21-29)20-22(36)26-31(6)13-12-25(37)28(2,3)23(31)11-14-33(26,32)8/h20,23,25-26,37H,10-19,21H2,1-9H3,(H,35,38)/t23-,25-,26+,29-,30+,31-,32+,33+,34-/m0/s1. The van der Waals surface area contributed by atoms with Crippen LogP contribution in [0, 0.1) is 49.7 Å². The maximum atomic E-state index is 14.5. The van der Waals surface area contributed by atoms with Gasteiger partial charge in [0.05, 0.1) is 6.10 Å². The van der Waals surface area contributed by atoms with Gasteiger partial charge in [-0.3, -0.25) is 9.59 Å². The first kappa shape index (κ1) is 28.4. The third-order valence-corrected chi connectivity index (χ3v) is 14.3. The Bertz CT molecular complexity index is 1060. The van der Waals surface area contributed by atoms with Crippen LogP contribution in [0.25, 0.3) is 0 Å². The zero-order chi connectivity index (χ0) is 28.2. The Labute approximate surface area is 232 Å². The number of hydrogen-bond donors (Lipinski definition) is 2. The fraction of sp³-hybridized carbons (Fsp3) is 0.882. The van der Waals surface area contributed by atoms with E-state index in [1.54, 1.807) is 0 Å². The minimum Gasteiger partial charge on any atom is -0.393 e. The Morgan fingerprint density at radius 3 is 2.24 bits per heavy atom. The van der Waals surface area contributed by atoms with E-state index >= 15 is 0 Å². The largest absolute Gasteiger partial charge is 0.393 e. The van der Waals surface area contributed by atoms with E-state index in [9.17, 15) is 14.7 Å². The maximum Gasteiger partial charge on any atom is 0.225 e. The van der Waals surface area contributed by atoms with E-state index in [1.165, 1.54) is 5.57 Å². The van der Waals surface area contributed by atoms with Crippen molar-refractivity contribution in [2.75, 3.05) is 6.54 Å². The number of aliphatic hydroxyl groups excluding tert-OH is 1. The molecular weight excluding hydrogens is 470 g/mol. The van der Waals surface area contributed by atoms with Crippen molar-refractivity contribution in [1.82, 2.24) is 5.32 Å². The Morgan fingerprint density at radius 1 is 0.921 bits per heavy atom. The normalized spacial score (nSPS) is 51.6. The molecule has 9 atom stereocenters. The highest BCUT2D eigenvalue weighted by atomic mass is 16.3. The molecule has 0 saturated heterocycles. The minimum absolute atomic E-state index is 0.00921. The van der Waals surface area contributed by atoms with Gasteiger partial charge in [0.2, 0.25) is 5.91 Å². The highest BCUT2D eigenvalue weighted by molar-refractivity contribution is 5.96. The summed E-state index contributed by atoms with van der Waals surface area (Å²) in [5.74, 6) is 0.861. The molecule has 4 heteroatoms. The predicted octanol–water partition coefficient (Wildman–Crippen LogP) is 7.24. The molecule has 0 radical (unpaired) electrons. The van der Waals surface area contributed by atoms with Gasteiger partial charge in [-0.15, -0.1) is 0 Å². The van der Waals surface area contributed by atoms with Crippen LogP contribution < -0.4 is 5.32 Å². The van der Waals surface area contributed by atoms with Crippen LogP contribution in [0.2, 0.25) is 0 Å². The van der Waals surface area contributed by atoms with E-state index in [0.29, 0.717) is 11.7 Å². The van der Waals surface area contributed by atoms with E-state index in [0.717, 1.165) is 70.8 Å². The van der Waals surface area contributed by atoms with E-state index in [1.807, 2.05) is 0 Å². The molecule has 0 aliphatic heterocycles. The van der Waals surface area contributed by atoms with E-state index in [4.69, 9.17) is 0 Å². The molecule has 214 valence electrons. The smallest absolute Gasteiger partial charge is 0.225 e. The van der Waals surface area contributed by atoms with Crippen LogP contribution in [0.1, 0.15) is 127 Å². The number of amides is 1. The lowest BCUT2D eigenvalue weighted by molar-refractivity contribution is -0.207. The van der Waals surface area contributed by atoms with Gasteiger partial charge in [-0.1, -0.05) is 67.9 Å². The van der Waals surface area contributed by atoms with Gasteiger partial charge in [-0.2, -0.15) is 0 Å². The fourth-order valence-electron chi connectivity index (χ4n) is 11.5. The lowest BCUT2D eigenvalue weighted by Crippen LogP contribution is -2.68. The highest BCUT2D eigenvalue weighted by Gasteiger charge is 2.72. The molecule has 2 N–H and O–H groups in total. The molecule has 4 fully saturated rings. The summed E-state index contributed by atoms with van der Waals surface area (Å²) in [6.45, 7) is 21.6. The lowest BCUT2D eigenvalue weighted by Gasteiger charge is -2.72. The van der Waals surface area contributed by atoms with Crippen molar-refractivity contribution in [3.05, 3.63) is 11.6 Å². The highest BCUT2D eigenvalue weighted by Crippen LogP contribution is 2.77. The monoisotopic (exact) mass is 525 g/mol. The summed E-state index contributed by atoms with van der Waals surface area (Å²) in [6.07, 6.45) is 11.7. The molecule has 4 saturated carbocycles. The topological polar surface area (TPSA) is 66.4 Å². The fourth-order valence-corrected chi connectivity index (χ4v) is 11.5. The number of aliphatic hydroxyl groups is 1. The van der Waals surface area contributed by atoms with Crippen molar-refractivity contribution >= 4 is 11.7 Å². The molecule has 4 nitrogen and oxygen atoms in total.